The molecule has 0 bridgehead atoms. The molecular formula is C23H24N2O7S. The predicted molar refractivity (Wildman–Crippen MR) is 117 cm³/mol. The van der Waals surface area contributed by atoms with Crippen molar-refractivity contribution in [2.45, 2.75) is 24.3 Å². The lowest BCUT2D eigenvalue weighted by molar-refractivity contribution is -0.142. The first kappa shape index (κ1) is 22.9. The number of esters is 2. The first-order valence-electron chi connectivity index (χ1n) is 10.7. The molecule has 1 saturated heterocycles. The van der Waals surface area contributed by atoms with Crippen LogP contribution in [0.2, 0.25) is 0 Å². The highest BCUT2D eigenvalue weighted by atomic mass is 32.2. The Morgan fingerprint density at radius 1 is 1.03 bits per heavy atom. The van der Waals surface area contributed by atoms with Crippen LogP contribution in [0.3, 0.4) is 0 Å². The highest BCUT2D eigenvalue weighted by Gasteiger charge is 2.36. The van der Waals surface area contributed by atoms with Crippen LogP contribution in [0.4, 0.5) is 0 Å². The number of hydrogen-bond donors (Lipinski definition) is 0. The average molecular weight is 473 g/mol. The molecule has 1 atom stereocenters. The minimum absolute atomic E-state index is 0.0631. The fourth-order valence-corrected chi connectivity index (χ4v) is 5.37. The molecule has 10 heteroatoms. The summed E-state index contributed by atoms with van der Waals surface area (Å²) >= 11 is 0. The van der Waals surface area contributed by atoms with E-state index in [2.05, 4.69) is 0 Å². The molecule has 2 heterocycles. The van der Waals surface area contributed by atoms with Gasteiger partial charge in [0.1, 0.15) is 0 Å². The van der Waals surface area contributed by atoms with Crippen molar-refractivity contribution in [3.8, 4) is 0 Å². The number of sulfonamides is 1. The van der Waals surface area contributed by atoms with Crippen LogP contribution < -0.4 is 0 Å². The molecule has 2 aliphatic rings. The third-order valence-corrected chi connectivity index (χ3v) is 7.63. The van der Waals surface area contributed by atoms with Crippen molar-refractivity contribution < 1.29 is 32.3 Å². The summed E-state index contributed by atoms with van der Waals surface area (Å²) in [5.41, 5.74) is 1.50. The van der Waals surface area contributed by atoms with Crippen LogP contribution in [-0.4, -0.2) is 74.4 Å². The second-order valence-corrected chi connectivity index (χ2v) is 9.67. The molecule has 174 valence electrons. The van der Waals surface area contributed by atoms with Crippen molar-refractivity contribution >= 4 is 27.9 Å². The van der Waals surface area contributed by atoms with E-state index in [1.165, 1.54) is 33.5 Å². The Balaban J connectivity index is 1.39. The number of fused-ring (bicyclic) bond motifs is 1. The first-order valence-corrected chi connectivity index (χ1v) is 12.1. The van der Waals surface area contributed by atoms with E-state index in [9.17, 15) is 22.8 Å². The molecular weight excluding hydrogens is 448 g/mol. The molecule has 0 aromatic heterocycles. The smallest absolute Gasteiger partial charge is 0.339 e. The van der Waals surface area contributed by atoms with Gasteiger partial charge in [-0.05, 0) is 42.8 Å². The molecule has 0 radical (unpaired) electrons. The van der Waals surface area contributed by atoms with Crippen LogP contribution >= 0.6 is 0 Å². The number of nitrogens with zero attached hydrogens (tertiary/aromatic N) is 2. The zero-order valence-electron chi connectivity index (χ0n) is 18.1. The van der Waals surface area contributed by atoms with Crippen LogP contribution in [-0.2, 0) is 30.7 Å². The van der Waals surface area contributed by atoms with Gasteiger partial charge in [-0.2, -0.15) is 4.31 Å². The summed E-state index contributed by atoms with van der Waals surface area (Å²) in [6.45, 7) is 2.53. The van der Waals surface area contributed by atoms with E-state index < -0.39 is 28.1 Å². The summed E-state index contributed by atoms with van der Waals surface area (Å²) in [6, 6.07) is 12.6. The Morgan fingerprint density at radius 2 is 1.70 bits per heavy atom. The zero-order chi connectivity index (χ0) is 23.6. The topological polar surface area (TPSA) is 110 Å². The lowest BCUT2D eigenvalue weighted by atomic mass is 9.98. The van der Waals surface area contributed by atoms with Gasteiger partial charge in [0.25, 0.3) is 5.91 Å². The molecule has 2 aromatic carbocycles. The fourth-order valence-electron chi connectivity index (χ4n) is 3.95. The molecule has 1 amide bonds. The number of ether oxygens (including phenoxy) is 2. The van der Waals surface area contributed by atoms with Crippen molar-refractivity contribution in [1.29, 1.82) is 0 Å². The largest absolute Gasteiger partial charge is 0.462 e. The van der Waals surface area contributed by atoms with E-state index in [0.717, 1.165) is 5.56 Å². The first-order chi connectivity index (χ1) is 15.8. The minimum Gasteiger partial charge on any atom is -0.462 e. The fraction of sp³-hybridized carbons (Fsp3) is 0.348. The van der Waals surface area contributed by atoms with Gasteiger partial charge >= 0.3 is 11.9 Å². The Labute approximate surface area is 191 Å². The molecule has 1 fully saturated rings. The van der Waals surface area contributed by atoms with Gasteiger partial charge in [0, 0.05) is 32.6 Å². The van der Waals surface area contributed by atoms with E-state index in [-0.39, 0.29) is 49.2 Å². The Morgan fingerprint density at radius 3 is 2.36 bits per heavy atom. The summed E-state index contributed by atoms with van der Waals surface area (Å²) in [4.78, 5) is 38.5. The van der Waals surface area contributed by atoms with Gasteiger partial charge in [0.05, 0.1) is 22.6 Å². The van der Waals surface area contributed by atoms with Gasteiger partial charge in [-0.15, -0.1) is 0 Å². The average Bonchev–Trinajstić information content (AvgIpc) is 2.84. The summed E-state index contributed by atoms with van der Waals surface area (Å²) in [6.07, 6.45) is -0.613. The predicted octanol–water partition coefficient (Wildman–Crippen LogP) is 1.48. The number of cyclic esters (lactones) is 1. The second kappa shape index (κ2) is 9.32. The standard InChI is InChI=1S/C23H24N2O7S/c1-2-31-22(27)16-7-9-18(10-8-16)33(29,30)25-13-11-24(12-14-25)21(26)20-15-17-5-3-4-6-19(17)23(28)32-20/h3-10,20H,2,11-15H2,1H3/t20-/m1/s1. The lowest BCUT2D eigenvalue weighted by Gasteiger charge is -2.36. The molecule has 33 heavy (non-hydrogen) atoms. The Hall–Kier alpha value is -3.24. The number of rotatable bonds is 5. The van der Waals surface area contributed by atoms with Crippen molar-refractivity contribution in [2.24, 2.45) is 0 Å². The maximum atomic E-state index is 13.0. The maximum absolute atomic E-state index is 13.0. The van der Waals surface area contributed by atoms with Gasteiger partial charge in [0.15, 0.2) is 6.10 Å². The van der Waals surface area contributed by atoms with Crippen molar-refractivity contribution in [3.05, 3.63) is 65.2 Å². The third-order valence-electron chi connectivity index (χ3n) is 5.72. The normalized spacial score (nSPS) is 18.9. The number of carbonyl (C=O) groups is 3. The SMILES string of the molecule is CCOC(=O)c1ccc(S(=O)(=O)N2CCN(C(=O)[C@H]3Cc4ccccc4C(=O)O3)CC2)cc1. The monoisotopic (exact) mass is 472 g/mol. The van der Waals surface area contributed by atoms with Crippen LogP contribution in [0, 0.1) is 0 Å². The molecule has 9 nitrogen and oxygen atoms in total. The highest BCUT2D eigenvalue weighted by molar-refractivity contribution is 7.89. The Bertz CT molecular complexity index is 1170. The van der Waals surface area contributed by atoms with Crippen LogP contribution in [0.1, 0.15) is 33.2 Å². The van der Waals surface area contributed by atoms with Gasteiger partial charge in [0.2, 0.25) is 10.0 Å². The number of piperazine rings is 1. The van der Waals surface area contributed by atoms with Gasteiger partial charge in [-0.3, -0.25) is 4.79 Å². The summed E-state index contributed by atoms with van der Waals surface area (Å²) in [5.74, 6) is -1.36. The zero-order valence-corrected chi connectivity index (χ0v) is 18.9. The van der Waals surface area contributed by atoms with E-state index in [1.54, 1.807) is 25.1 Å². The molecule has 2 aliphatic heterocycles. The highest BCUT2D eigenvalue weighted by Crippen LogP contribution is 2.23. The number of amides is 1. The van der Waals surface area contributed by atoms with E-state index in [4.69, 9.17) is 9.47 Å². The number of carbonyl (C=O) groups excluding carboxylic acids is 3. The second-order valence-electron chi connectivity index (χ2n) is 7.73. The minimum atomic E-state index is -3.78. The quantitative estimate of drug-likeness (QED) is 0.606. The molecule has 0 saturated carbocycles. The van der Waals surface area contributed by atoms with Crippen molar-refractivity contribution in [1.82, 2.24) is 9.21 Å². The van der Waals surface area contributed by atoms with Crippen LogP contribution in [0.15, 0.2) is 53.4 Å². The lowest BCUT2D eigenvalue weighted by Crippen LogP contribution is -2.54. The summed E-state index contributed by atoms with van der Waals surface area (Å²) < 4.78 is 37.5. The summed E-state index contributed by atoms with van der Waals surface area (Å²) in [5, 5.41) is 0. The van der Waals surface area contributed by atoms with Crippen LogP contribution in [0.5, 0.6) is 0 Å². The number of benzene rings is 2. The summed E-state index contributed by atoms with van der Waals surface area (Å²) in [7, 11) is -3.78. The van der Waals surface area contributed by atoms with Gasteiger partial charge < -0.3 is 14.4 Å². The van der Waals surface area contributed by atoms with Gasteiger partial charge in [-0.1, -0.05) is 18.2 Å². The molecule has 0 unspecified atom stereocenters. The molecule has 0 spiro atoms. The number of hydrogen-bond acceptors (Lipinski definition) is 7. The van der Waals surface area contributed by atoms with Crippen molar-refractivity contribution in [3.63, 3.8) is 0 Å². The Kier molecular flexibility index (Phi) is 6.48. The van der Waals surface area contributed by atoms with E-state index in [0.29, 0.717) is 12.0 Å². The molecule has 2 aromatic rings. The maximum Gasteiger partial charge on any atom is 0.339 e. The third kappa shape index (κ3) is 4.62. The van der Waals surface area contributed by atoms with E-state index >= 15 is 0 Å². The molecule has 4 rings (SSSR count). The molecule has 0 aliphatic carbocycles. The van der Waals surface area contributed by atoms with Gasteiger partial charge in [-0.25, -0.2) is 18.0 Å². The van der Waals surface area contributed by atoms with Crippen LogP contribution in [0.25, 0.3) is 0 Å². The van der Waals surface area contributed by atoms with E-state index in [1.807, 2.05) is 6.07 Å². The molecule has 0 N–H and O–H groups in total. The van der Waals surface area contributed by atoms with Crippen molar-refractivity contribution in [2.75, 3.05) is 32.8 Å².